The second-order valence-electron chi connectivity index (χ2n) is 6.88. The van der Waals surface area contributed by atoms with Gasteiger partial charge in [-0.15, -0.1) is 0 Å². The Morgan fingerprint density at radius 2 is 1.85 bits per heavy atom. The van der Waals surface area contributed by atoms with Crippen LogP contribution in [-0.4, -0.2) is 50.3 Å². The minimum absolute atomic E-state index is 0.564. The molecule has 0 radical (unpaired) electrons. The molecule has 1 heterocycles. The van der Waals surface area contributed by atoms with Gasteiger partial charge in [0, 0.05) is 44.1 Å². The van der Waals surface area contributed by atoms with Gasteiger partial charge in [0.05, 0.1) is 6.61 Å². The first kappa shape index (κ1) is 19.0. The Balaban J connectivity index is 1.34. The lowest BCUT2D eigenvalue weighted by Gasteiger charge is -2.36. The monoisotopic (exact) mass is 368 g/mol. The van der Waals surface area contributed by atoms with Crippen molar-refractivity contribution in [3.05, 3.63) is 54.1 Å². The highest BCUT2D eigenvalue weighted by atomic mass is 16.5. The number of hydrogen-bond donors (Lipinski definition) is 2. The minimum Gasteiger partial charge on any atom is -0.494 e. The summed E-state index contributed by atoms with van der Waals surface area (Å²) in [7, 11) is 0. The molecular formula is C21H28N4O2. The number of anilines is 2. The Morgan fingerprint density at radius 1 is 1.11 bits per heavy atom. The molecule has 3 rings (SSSR count). The fourth-order valence-electron chi connectivity index (χ4n) is 3.31. The number of carbonyl (C=O) groups is 1. The highest BCUT2D eigenvalue weighted by molar-refractivity contribution is 5.87. The number of aryl methyl sites for hydroxylation is 1. The molecule has 0 bridgehead atoms. The molecule has 1 saturated heterocycles. The summed E-state index contributed by atoms with van der Waals surface area (Å²) in [6.07, 6.45) is 0.992. The molecule has 2 amide bonds. The molecule has 0 saturated carbocycles. The number of primary amides is 1. The van der Waals surface area contributed by atoms with Gasteiger partial charge in [-0.25, -0.2) is 4.79 Å². The first-order chi connectivity index (χ1) is 13.1. The Kier molecular flexibility index (Phi) is 6.54. The Morgan fingerprint density at radius 3 is 2.52 bits per heavy atom. The van der Waals surface area contributed by atoms with E-state index in [1.165, 1.54) is 11.3 Å². The fourth-order valence-corrected chi connectivity index (χ4v) is 3.31. The van der Waals surface area contributed by atoms with Crippen LogP contribution >= 0.6 is 0 Å². The topological polar surface area (TPSA) is 70.8 Å². The molecule has 6 nitrogen and oxygen atoms in total. The first-order valence-corrected chi connectivity index (χ1v) is 9.43. The summed E-state index contributed by atoms with van der Waals surface area (Å²) < 4.78 is 5.78. The van der Waals surface area contributed by atoms with Gasteiger partial charge >= 0.3 is 6.03 Å². The van der Waals surface area contributed by atoms with E-state index in [4.69, 9.17) is 10.5 Å². The van der Waals surface area contributed by atoms with E-state index >= 15 is 0 Å². The molecule has 27 heavy (non-hydrogen) atoms. The smallest absolute Gasteiger partial charge is 0.316 e. The van der Waals surface area contributed by atoms with Gasteiger partial charge in [-0.05, 0) is 55.3 Å². The third kappa shape index (κ3) is 5.89. The molecule has 1 fully saturated rings. The van der Waals surface area contributed by atoms with Crippen molar-refractivity contribution in [3.8, 4) is 5.75 Å². The van der Waals surface area contributed by atoms with Crippen LogP contribution in [0.1, 0.15) is 12.0 Å². The quantitative estimate of drug-likeness (QED) is 0.737. The van der Waals surface area contributed by atoms with Crippen LogP contribution in [0.4, 0.5) is 16.2 Å². The SMILES string of the molecule is Cc1cccc(N2CCN(CCCOc3ccc(NC(N)=O)cc3)CC2)c1. The summed E-state index contributed by atoms with van der Waals surface area (Å²) in [5.74, 6) is 0.800. The van der Waals surface area contributed by atoms with Crippen molar-refractivity contribution in [2.24, 2.45) is 5.73 Å². The molecule has 1 aliphatic rings. The number of nitrogens with zero attached hydrogens (tertiary/aromatic N) is 2. The standard InChI is InChI=1S/C21H28N4O2/c1-17-4-2-5-19(16-17)25-13-11-24(12-14-25)10-3-15-27-20-8-6-18(7-9-20)23-21(22)26/h2,4-9,16H,3,10-15H2,1H3,(H3,22,23,26). The molecule has 0 unspecified atom stereocenters. The van der Waals surface area contributed by atoms with Crippen molar-refractivity contribution in [3.63, 3.8) is 0 Å². The third-order valence-corrected chi connectivity index (χ3v) is 4.75. The van der Waals surface area contributed by atoms with Crippen LogP contribution in [0.25, 0.3) is 0 Å². The predicted molar refractivity (Wildman–Crippen MR) is 110 cm³/mol. The number of piperazine rings is 1. The van der Waals surface area contributed by atoms with E-state index < -0.39 is 6.03 Å². The van der Waals surface area contributed by atoms with Crippen LogP contribution in [0.2, 0.25) is 0 Å². The van der Waals surface area contributed by atoms with E-state index in [1.54, 1.807) is 12.1 Å². The molecular weight excluding hydrogens is 340 g/mol. The van der Waals surface area contributed by atoms with E-state index in [9.17, 15) is 4.79 Å². The summed E-state index contributed by atoms with van der Waals surface area (Å²) in [5, 5.41) is 2.53. The van der Waals surface area contributed by atoms with Crippen molar-refractivity contribution in [2.75, 3.05) is 49.5 Å². The number of amides is 2. The van der Waals surface area contributed by atoms with Crippen molar-refractivity contribution in [1.29, 1.82) is 0 Å². The van der Waals surface area contributed by atoms with Crippen LogP contribution in [0.3, 0.4) is 0 Å². The number of rotatable bonds is 7. The second kappa shape index (κ2) is 9.28. The number of nitrogens with two attached hydrogens (primary N) is 1. The van der Waals surface area contributed by atoms with Gasteiger partial charge in [0.2, 0.25) is 0 Å². The van der Waals surface area contributed by atoms with Gasteiger partial charge in [0.15, 0.2) is 0 Å². The zero-order chi connectivity index (χ0) is 19.1. The van der Waals surface area contributed by atoms with Gasteiger partial charge in [0.25, 0.3) is 0 Å². The third-order valence-electron chi connectivity index (χ3n) is 4.75. The molecule has 6 heteroatoms. The minimum atomic E-state index is -0.564. The largest absolute Gasteiger partial charge is 0.494 e. The average Bonchev–Trinajstić information content (AvgIpc) is 2.66. The molecule has 0 aromatic heterocycles. The van der Waals surface area contributed by atoms with Crippen molar-refractivity contribution < 1.29 is 9.53 Å². The number of carbonyl (C=O) groups excluding carboxylic acids is 1. The van der Waals surface area contributed by atoms with E-state index in [-0.39, 0.29) is 0 Å². The molecule has 2 aromatic carbocycles. The maximum Gasteiger partial charge on any atom is 0.316 e. The van der Waals surface area contributed by atoms with Crippen LogP contribution in [-0.2, 0) is 0 Å². The van der Waals surface area contributed by atoms with Gasteiger partial charge in [-0.2, -0.15) is 0 Å². The maximum atomic E-state index is 10.8. The fraction of sp³-hybridized carbons (Fsp3) is 0.381. The van der Waals surface area contributed by atoms with Crippen LogP contribution in [0.5, 0.6) is 5.75 Å². The lowest BCUT2D eigenvalue weighted by Crippen LogP contribution is -2.46. The van der Waals surface area contributed by atoms with E-state index in [0.29, 0.717) is 12.3 Å². The van der Waals surface area contributed by atoms with Crippen molar-refractivity contribution >= 4 is 17.4 Å². The summed E-state index contributed by atoms with van der Waals surface area (Å²) in [4.78, 5) is 15.8. The van der Waals surface area contributed by atoms with E-state index in [2.05, 4.69) is 46.3 Å². The molecule has 0 spiro atoms. The molecule has 3 N–H and O–H groups in total. The number of ether oxygens (including phenoxy) is 1. The van der Waals surface area contributed by atoms with Gasteiger partial charge in [-0.1, -0.05) is 12.1 Å². The molecule has 1 aliphatic heterocycles. The molecule has 144 valence electrons. The number of urea groups is 1. The Labute approximate surface area is 160 Å². The molecule has 0 atom stereocenters. The van der Waals surface area contributed by atoms with Crippen molar-refractivity contribution in [1.82, 2.24) is 4.90 Å². The normalized spacial score (nSPS) is 14.8. The highest BCUT2D eigenvalue weighted by Gasteiger charge is 2.16. The number of hydrogen-bond acceptors (Lipinski definition) is 4. The summed E-state index contributed by atoms with van der Waals surface area (Å²) in [5.41, 5.74) is 8.40. The van der Waals surface area contributed by atoms with E-state index in [0.717, 1.165) is 44.9 Å². The Hall–Kier alpha value is -2.73. The average molecular weight is 368 g/mol. The lowest BCUT2D eigenvalue weighted by atomic mass is 10.2. The zero-order valence-corrected chi connectivity index (χ0v) is 15.9. The first-order valence-electron chi connectivity index (χ1n) is 9.43. The number of benzene rings is 2. The number of nitrogens with one attached hydrogen (secondary N) is 1. The highest BCUT2D eigenvalue weighted by Crippen LogP contribution is 2.18. The summed E-state index contributed by atoms with van der Waals surface area (Å²) >= 11 is 0. The van der Waals surface area contributed by atoms with Crippen LogP contribution in [0, 0.1) is 6.92 Å². The maximum absolute atomic E-state index is 10.8. The van der Waals surface area contributed by atoms with Crippen molar-refractivity contribution in [2.45, 2.75) is 13.3 Å². The lowest BCUT2D eigenvalue weighted by molar-refractivity contribution is 0.225. The Bertz CT molecular complexity index is 740. The predicted octanol–water partition coefficient (Wildman–Crippen LogP) is 3.08. The molecule has 0 aliphatic carbocycles. The van der Waals surface area contributed by atoms with Gasteiger partial charge < -0.3 is 20.7 Å². The summed E-state index contributed by atoms with van der Waals surface area (Å²) in [6.45, 7) is 8.17. The second-order valence-corrected chi connectivity index (χ2v) is 6.88. The summed E-state index contributed by atoms with van der Waals surface area (Å²) in [6, 6.07) is 15.4. The van der Waals surface area contributed by atoms with E-state index in [1.807, 2.05) is 12.1 Å². The van der Waals surface area contributed by atoms with Crippen LogP contribution in [0.15, 0.2) is 48.5 Å². The zero-order valence-electron chi connectivity index (χ0n) is 15.9. The molecule has 2 aromatic rings. The van der Waals surface area contributed by atoms with Gasteiger partial charge in [-0.3, -0.25) is 4.90 Å². The van der Waals surface area contributed by atoms with Gasteiger partial charge in [0.1, 0.15) is 5.75 Å². The van der Waals surface area contributed by atoms with Crippen LogP contribution < -0.4 is 20.7 Å².